The van der Waals surface area contributed by atoms with E-state index >= 15 is 0 Å². The minimum atomic E-state index is 0.121. The molecule has 3 N–H and O–H groups in total. The van der Waals surface area contributed by atoms with Crippen molar-refractivity contribution in [3.8, 4) is 0 Å². The molecule has 1 saturated heterocycles. The van der Waals surface area contributed by atoms with Crippen LogP contribution < -0.4 is 11.2 Å². The molecule has 13 heavy (non-hydrogen) atoms. The molecule has 0 aromatic heterocycles. The van der Waals surface area contributed by atoms with Gasteiger partial charge in [-0.2, -0.15) is 0 Å². The molecule has 0 saturated carbocycles. The molecule has 1 fully saturated rings. The molecule has 1 rings (SSSR count). The van der Waals surface area contributed by atoms with Crippen molar-refractivity contribution in [2.45, 2.75) is 51.6 Å². The first-order chi connectivity index (χ1) is 5.87. The van der Waals surface area contributed by atoms with E-state index in [-0.39, 0.29) is 11.1 Å². The van der Waals surface area contributed by atoms with Crippen LogP contribution in [-0.2, 0) is 0 Å². The first kappa shape index (κ1) is 11.0. The van der Waals surface area contributed by atoms with Gasteiger partial charge in [-0.1, -0.05) is 6.92 Å². The summed E-state index contributed by atoms with van der Waals surface area (Å²) >= 11 is 0. The number of nitrogens with one attached hydrogen (secondary N) is 1. The topological polar surface area (TPSA) is 41.3 Å². The summed E-state index contributed by atoms with van der Waals surface area (Å²) in [5.41, 5.74) is 0.369. The first-order valence-corrected chi connectivity index (χ1v) is 5.16. The number of hydrogen-bond acceptors (Lipinski definition) is 3. The fraction of sp³-hybridized carbons (Fsp3) is 1.00. The molecule has 1 aliphatic heterocycles. The summed E-state index contributed by atoms with van der Waals surface area (Å²) in [5.74, 6) is 5.88. The second kappa shape index (κ2) is 3.56. The van der Waals surface area contributed by atoms with Gasteiger partial charge in [0.05, 0.1) is 0 Å². The molecule has 1 atom stereocenters. The Labute approximate surface area is 81.6 Å². The second-order valence-corrected chi connectivity index (χ2v) is 5.14. The van der Waals surface area contributed by atoms with E-state index in [1.165, 1.54) is 0 Å². The molecule has 78 valence electrons. The summed E-state index contributed by atoms with van der Waals surface area (Å²) in [4.78, 5) is 0. The molecule has 0 radical (unpaired) electrons. The highest BCUT2D eigenvalue weighted by Crippen LogP contribution is 2.22. The van der Waals surface area contributed by atoms with Crippen LogP contribution in [0.3, 0.4) is 0 Å². The van der Waals surface area contributed by atoms with Gasteiger partial charge in [0.1, 0.15) is 0 Å². The van der Waals surface area contributed by atoms with Gasteiger partial charge >= 0.3 is 0 Å². The van der Waals surface area contributed by atoms with E-state index in [9.17, 15) is 0 Å². The molecule has 1 aliphatic rings. The maximum absolute atomic E-state index is 5.88. The Bertz CT molecular complexity index is 179. The standard InChI is InChI=1S/C10H23N3/c1-5-10(4)6-7-13(11)8-9(2,3)12-10/h12H,5-8,11H2,1-4H3. The summed E-state index contributed by atoms with van der Waals surface area (Å²) in [6.07, 6.45) is 2.29. The summed E-state index contributed by atoms with van der Waals surface area (Å²) < 4.78 is 0. The summed E-state index contributed by atoms with van der Waals surface area (Å²) in [5, 5.41) is 5.61. The van der Waals surface area contributed by atoms with Crippen molar-refractivity contribution >= 4 is 0 Å². The fourth-order valence-electron chi connectivity index (χ4n) is 2.16. The van der Waals surface area contributed by atoms with Gasteiger partial charge < -0.3 is 5.32 Å². The normalized spacial score (nSPS) is 35.8. The van der Waals surface area contributed by atoms with Gasteiger partial charge in [0.25, 0.3) is 0 Å². The molecular formula is C10H23N3. The SMILES string of the molecule is CCC1(C)CCN(N)CC(C)(C)N1. The minimum absolute atomic E-state index is 0.121. The lowest BCUT2D eigenvalue weighted by Crippen LogP contribution is -2.55. The smallest absolute Gasteiger partial charge is 0.0306 e. The molecule has 0 amide bonds. The van der Waals surface area contributed by atoms with E-state index in [1.54, 1.807) is 0 Å². The van der Waals surface area contributed by atoms with E-state index in [0.29, 0.717) is 0 Å². The fourth-order valence-corrected chi connectivity index (χ4v) is 2.16. The summed E-state index contributed by atoms with van der Waals surface area (Å²) in [7, 11) is 0. The number of hydrogen-bond donors (Lipinski definition) is 2. The van der Waals surface area contributed by atoms with Gasteiger partial charge in [0.2, 0.25) is 0 Å². The highest BCUT2D eigenvalue weighted by Gasteiger charge is 2.34. The third-order valence-corrected chi connectivity index (χ3v) is 2.97. The molecule has 3 heteroatoms. The van der Waals surface area contributed by atoms with Gasteiger partial charge in [-0.25, -0.2) is 5.01 Å². The Hall–Kier alpha value is -0.120. The Balaban J connectivity index is 2.73. The highest BCUT2D eigenvalue weighted by molar-refractivity contribution is 4.95. The van der Waals surface area contributed by atoms with E-state index < -0.39 is 0 Å². The quantitative estimate of drug-likeness (QED) is 0.601. The van der Waals surface area contributed by atoms with E-state index in [2.05, 4.69) is 33.0 Å². The number of hydrazine groups is 1. The molecule has 0 spiro atoms. The predicted octanol–water partition coefficient (Wildman–Crippen LogP) is 1.10. The van der Waals surface area contributed by atoms with Crippen molar-refractivity contribution in [1.29, 1.82) is 0 Å². The number of nitrogens with two attached hydrogens (primary N) is 1. The molecule has 0 bridgehead atoms. The summed E-state index contributed by atoms with van der Waals surface area (Å²) in [6.45, 7) is 10.9. The molecule has 0 aliphatic carbocycles. The van der Waals surface area contributed by atoms with Crippen LogP contribution in [0.1, 0.15) is 40.5 Å². The maximum Gasteiger partial charge on any atom is 0.0306 e. The van der Waals surface area contributed by atoms with Crippen molar-refractivity contribution in [1.82, 2.24) is 10.3 Å². The average molecular weight is 185 g/mol. The van der Waals surface area contributed by atoms with Crippen LogP contribution in [0.15, 0.2) is 0 Å². The average Bonchev–Trinajstić information content (AvgIpc) is 2.08. The molecule has 0 aromatic carbocycles. The first-order valence-electron chi connectivity index (χ1n) is 5.16. The highest BCUT2D eigenvalue weighted by atomic mass is 15.4. The maximum atomic E-state index is 5.88. The van der Waals surface area contributed by atoms with Crippen molar-refractivity contribution in [3.63, 3.8) is 0 Å². The molecule has 0 aromatic rings. The Kier molecular flexibility index (Phi) is 3.00. The van der Waals surface area contributed by atoms with Gasteiger partial charge in [0, 0.05) is 24.2 Å². The van der Waals surface area contributed by atoms with Crippen molar-refractivity contribution < 1.29 is 0 Å². The third kappa shape index (κ3) is 2.93. The Morgan fingerprint density at radius 3 is 2.54 bits per heavy atom. The minimum Gasteiger partial charge on any atom is -0.305 e. The molecule has 1 unspecified atom stereocenters. The van der Waals surface area contributed by atoms with E-state index in [0.717, 1.165) is 25.9 Å². The largest absolute Gasteiger partial charge is 0.305 e. The number of rotatable bonds is 1. The Morgan fingerprint density at radius 1 is 1.38 bits per heavy atom. The van der Waals surface area contributed by atoms with Crippen molar-refractivity contribution in [2.24, 2.45) is 5.84 Å². The van der Waals surface area contributed by atoms with Crippen LogP contribution in [0.4, 0.5) is 0 Å². The zero-order valence-corrected chi connectivity index (χ0v) is 9.35. The van der Waals surface area contributed by atoms with Gasteiger partial charge in [-0.3, -0.25) is 5.84 Å². The monoisotopic (exact) mass is 185 g/mol. The lowest BCUT2D eigenvalue weighted by Gasteiger charge is -2.36. The van der Waals surface area contributed by atoms with Gasteiger partial charge in [0.15, 0.2) is 0 Å². The van der Waals surface area contributed by atoms with Crippen LogP contribution in [0, 0.1) is 0 Å². The molecule has 1 heterocycles. The van der Waals surface area contributed by atoms with Gasteiger partial charge in [-0.15, -0.1) is 0 Å². The van der Waals surface area contributed by atoms with Crippen LogP contribution >= 0.6 is 0 Å². The summed E-state index contributed by atoms with van der Waals surface area (Å²) in [6, 6.07) is 0. The van der Waals surface area contributed by atoms with Gasteiger partial charge in [-0.05, 0) is 33.6 Å². The Morgan fingerprint density at radius 2 is 2.00 bits per heavy atom. The zero-order valence-electron chi connectivity index (χ0n) is 9.35. The zero-order chi connectivity index (χ0) is 10.1. The van der Waals surface area contributed by atoms with Crippen molar-refractivity contribution in [3.05, 3.63) is 0 Å². The van der Waals surface area contributed by atoms with Crippen LogP contribution in [0.5, 0.6) is 0 Å². The van der Waals surface area contributed by atoms with E-state index in [1.807, 2.05) is 5.01 Å². The second-order valence-electron chi connectivity index (χ2n) is 5.14. The van der Waals surface area contributed by atoms with Crippen LogP contribution in [0.2, 0.25) is 0 Å². The van der Waals surface area contributed by atoms with Crippen LogP contribution in [-0.4, -0.2) is 29.2 Å². The number of nitrogens with zero attached hydrogens (tertiary/aromatic N) is 1. The molecule has 3 nitrogen and oxygen atoms in total. The predicted molar refractivity (Wildman–Crippen MR) is 56.3 cm³/mol. The molecular weight excluding hydrogens is 162 g/mol. The van der Waals surface area contributed by atoms with Crippen LogP contribution in [0.25, 0.3) is 0 Å². The third-order valence-electron chi connectivity index (χ3n) is 2.97. The van der Waals surface area contributed by atoms with E-state index in [4.69, 9.17) is 5.84 Å². The lowest BCUT2D eigenvalue weighted by molar-refractivity contribution is 0.223. The van der Waals surface area contributed by atoms with Crippen molar-refractivity contribution in [2.75, 3.05) is 13.1 Å². The lowest BCUT2D eigenvalue weighted by atomic mass is 9.92.